The van der Waals surface area contributed by atoms with Crippen LogP contribution in [0.3, 0.4) is 0 Å². The van der Waals surface area contributed by atoms with Gasteiger partial charge in [0.2, 0.25) is 12.0 Å². The van der Waals surface area contributed by atoms with Crippen LogP contribution in [0.15, 0.2) is 60.7 Å². The van der Waals surface area contributed by atoms with Crippen molar-refractivity contribution in [3.05, 3.63) is 66.2 Å². The summed E-state index contributed by atoms with van der Waals surface area (Å²) in [7, 11) is 0. The summed E-state index contributed by atoms with van der Waals surface area (Å²) in [5.74, 6) is 0.741. The molecule has 2 aromatic carbocycles. The van der Waals surface area contributed by atoms with Crippen molar-refractivity contribution in [1.82, 2.24) is 15.1 Å². The van der Waals surface area contributed by atoms with Gasteiger partial charge in [-0.05, 0) is 25.0 Å². The predicted molar refractivity (Wildman–Crippen MR) is 124 cm³/mol. The van der Waals surface area contributed by atoms with Gasteiger partial charge in [-0.2, -0.15) is 0 Å². The number of nitrogens with zero attached hydrogens (tertiary/aromatic N) is 2. The maximum Gasteiger partial charge on any atom is 0.268 e. The van der Waals surface area contributed by atoms with Gasteiger partial charge in [-0.1, -0.05) is 67.8 Å². The molecule has 2 amide bonds. The molecule has 1 unspecified atom stereocenters. The fourth-order valence-electron chi connectivity index (χ4n) is 4.54. The maximum atomic E-state index is 13.4. The number of hydrogen-bond acceptors (Lipinski definition) is 4. The number of carbonyl (C=O) groups is 2. The first-order valence-corrected chi connectivity index (χ1v) is 11.8. The fourth-order valence-corrected chi connectivity index (χ4v) is 4.54. The molecule has 1 saturated carbocycles. The molecular weight excluding hydrogens is 402 g/mol. The lowest BCUT2D eigenvalue weighted by Gasteiger charge is -2.36. The van der Waals surface area contributed by atoms with E-state index in [9.17, 15) is 9.59 Å². The van der Waals surface area contributed by atoms with Gasteiger partial charge in [-0.15, -0.1) is 0 Å². The lowest BCUT2D eigenvalue weighted by atomic mass is 9.95. The topological polar surface area (TPSA) is 61.9 Å². The zero-order valence-electron chi connectivity index (χ0n) is 18.6. The summed E-state index contributed by atoms with van der Waals surface area (Å²) in [6.45, 7) is 2.97. The van der Waals surface area contributed by atoms with Crippen molar-refractivity contribution >= 4 is 11.8 Å². The molecule has 0 spiro atoms. The lowest BCUT2D eigenvalue weighted by molar-refractivity contribution is -0.141. The van der Waals surface area contributed by atoms with Crippen LogP contribution in [0.5, 0.6) is 5.75 Å². The molecule has 1 atom stereocenters. The van der Waals surface area contributed by atoms with Crippen LogP contribution >= 0.6 is 0 Å². The third-order valence-electron chi connectivity index (χ3n) is 6.35. The van der Waals surface area contributed by atoms with E-state index in [0.29, 0.717) is 44.5 Å². The second-order valence-corrected chi connectivity index (χ2v) is 8.73. The molecule has 6 nitrogen and oxygen atoms in total. The van der Waals surface area contributed by atoms with Crippen molar-refractivity contribution in [2.75, 3.05) is 32.7 Å². The van der Waals surface area contributed by atoms with Crippen LogP contribution in [0.2, 0.25) is 0 Å². The van der Waals surface area contributed by atoms with E-state index in [-0.39, 0.29) is 11.8 Å². The summed E-state index contributed by atoms with van der Waals surface area (Å²) >= 11 is 0. The van der Waals surface area contributed by atoms with Crippen molar-refractivity contribution in [2.24, 2.45) is 0 Å². The molecule has 32 heavy (non-hydrogen) atoms. The monoisotopic (exact) mass is 435 g/mol. The Hall–Kier alpha value is -2.86. The van der Waals surface area contributed by atoms with Crippen molar-refractivity contribution in [2.45, 2.75) is 44.2 Å². The zero-order chi connectivity index (χ0) is 22.2. The number of hydrogen-bond donors (Lipinski definition) is 1. The minimum absolute atomic E-state index is 0.0358. The number of piperazine rings is 1. The zero-order valence-corrected chi connectivity index (χ0v) is 18.6. The third kappa shape index (κ3) is 6.10. The normalized spacial score (nSPS) is 18.7. The Morgan fingerprint density at radius 3 is 2.16 bits per heavy atom. The van der Waals surface area contributed by atoms with Crippen LogP contribution in [0.1, 0.15) is 43.8 Å². The average Bonchev–Trinajstić information content (AvgIpc) is 2.84. The van der Waals surface area contributed by atoms with Crippen LogP contribution in [-0.2, 0) is 9.59 Å². The fraction of sp³-hybridized carbons (Fsp3) is 0.462. The summed E-state index contributed by atoms with van der Waals surface area (Å²) in [5.41, 5.74) is 0.843. The molecule has 0 aromatic heterocycles. The molecule has 1 saturated heterocycles. The van der Waals surface area contributed by atoms with E-state index in [1.807, 2.05) is 65.6 Å². The Kier molecular flexibility index (Phi) is 7.77. The molecule has 170 valence electrons. The minimum Gasteiger partial charge on any atom is -0.476 e. The number of benzene rings is 2. The highest BCUT2D eigenvalue weighted by Crippen LogP contribution is 2.24. The van der Waals surface area contributed by atoms with Crippen LogP contribution in [0.4, 0.5) is 0 Å². The molecule has 0 radical (unpaired) electrons. The SMILES string of the molecule is O=C(CN1CCN(C(=O)C(Oc2ccccc2)c2ccccc2)CC1)NC1CCCCC1. The average molecular weight is 436 g/mol. The van der Waals surface area contributed by atoms with Crippen molar-refractivity contribution in [3.8, 4) is 5.75 Å². The number of nitrogens with one attached hydrogen (secondary N) is 1. The first-order valence-electron chi connectivity index (χ1n) is 11.8. The van der Waals surface area contributed by atoms with Crippen molar-refractivity contribution < 1.29 is 14.3 Å². The van der Waals surface area contributed by atoms with E-state index < -0.39 is 6.10 Å². The van der Waals surface area contributed by atoms with Crippen LogP contribution < -0.4 is 10.1 Å². The maximum absolute atomic E-state index is 13.4. The van der Waals surface area contributed by atoms with E-state index in [2.05, 4.69) is 10.2 Å². The Morgan fingerprint density at radius 1 is 0.875 bits per heavy atom. The smallest absolute Gasteiger partial charge is 0.268 e. The standard InChI is InChI=1S/C26H33N3O3/c30-24(27-22-12-6-2-7-13-22)20-28-16-18-29(19-17-28)26(31)25(21-10-4-1-5-11-21)32-23-14-8-3-9-15-23/h1,3-5,8-11,14-15,22,25H,2,6-7,12-13,16-20H2,(H,27,30). The Balaban J connectivity index is 1.32. The highest BCUT2D eigenvalue weighted by Gasteiger charge is 2.31. The molecule has 6 heteroatoms. The van der Waals surface area contributed by atoms with Gasteiger partial charge in [0.15, 0.2) is 0 Å². The summed E-state index contributed by atoms with van der Waals surface area (Å²) in [5, 5.41) is 3.19. The van der Waals surface area contributed by atoms with Gasteiger partial charge in [-0.25, -0.2) is 0 Å². The number of amides is 2. The van der Waals surface area contributed by atoms with Crippen LogP contribution in [0, 0.1) is 0 Å². The highest BCUT2D eigenvalue weighted by atomic mass is 16.5. The third-order valence-corrected chi connectivity index (χ3v) is 6.35. The number of rotatable bonds is 7. The highest BCUT2D eigenvalue weighted by molar-refractivity contribution is 5.83. The van der Waals surface area contributed by atoms with Crippen molar-refractivity contribution in [1.29, 1.82) is 0 Å². The van der Waals surface area contributed by atoms with Gasteiger partial charge in [-0.3, -0.25) is 14.5 Å². The molecule has 2 aromatic rings. The number of carbonyl (C=O) groups excluding carboxylic acids is 2. The first kappa shape index (κ1) is 22.3. The second-order valence-electron chi connectivity index (χ2n) is 8.73. The lowest BCUT2D eigenvalue weighted by Crippen LogP contribution is -2.53. The Labute approximate surface area is 190 Å². The van der Waals surface area contributed by atoms with Gasteiger partial charge < -0.3 is 15.0 Å². The molecule has 4 rings (SSSR count). The molecule has 1 aliphatic carbocycles. The van der Waals surface area contributed by atoms with Gasteiger partial charge in [0.05, 0.1) is 6.54 Å². The Morgan fingerprint density at radius 2 is 1.50 bits per heavy atom. The number of ether oxygens (including phenoxy) is 1. The molecule has 1 N–H and O–H groups in total. The predicted octanol–water partition coefficient (Wildman–Crippen LogP) is 3.40. The van der Waals surface area contributed by atoms with Gasteiger partial charge in [0.1, 0.15) is 5.75 Å². The summed E-state index contributed by atoms with van der Waals surface area (Å²) in [6, 6.07) is 19.4. The first-order chi connectivity index (χ1) is 15.7. The molecule has 2 fully saturated rings. The molecule has 0 bridgehead atoms. The summed E-state index contributed by atoms with van der Waals surface area (Å²) < 4.78 is 6.12. The summed E-state index contributed by atoms with van der Waals surface area (Å²) in [4.78, 5) is 29.8. The molecule has 1 aliphatic heterocycles. The van der Waals surface area contributed by atoms with E-state index >= 15 is 0 Å². The van der Waals surface area contributed by atoms with Gasteiger partial charge in [0.25, 0.3) is 5.91 Å². The van der Waals surface area contributed by atoms with E-state index in [1.54, 1.807) is 0 Å². The van der Waals surface area contributed by atoms with Gasteiger partial charge in [0, 0.05) is 37.8 Å². The van der Waals surface area contributed by atoms with E-state index in [0.717, 1.165) is 18.4 Å². The quantitative estimate of drug-likeness (QED) is 0.724. The Bertz CT molecular complexity index is 860. The molecule has 1 heterocycles. The largest absolute Gasteiger partial charge is 0.476 e. The van der Waals surface area contributed by atoms with E-state index in [1.165, 1.54) is 19.3 Å². The van der Waals surface area contributed by atoms with Crippen molar-refractivity contribution in [3.63, 3.8) is 0 Å². The molecule has 2 aliphatic rings. The molecular formula is C26H33N3O3. The second kappa shape index (κ2) is 11.1. The summed E-state index contributed by atoms with van der Waals surface area (Å²) in [6.07, 6.45) is 5.20. The minimum atomic E-state index is -0.681. The van der Waals surface area contributed by atoms with Crippen LogP contribution in [-0.4, -0.2) is 60.4 Å². The van der Waals surface area contributed by atoms with Gasteiger partial charge >= 0.3 is 0 Å². The van der Waals surface area contributed by atoms with E-state index in [4.69, 9.17) is 4.74 Å². The van der Waals surface area contributed by atoms with Crippen LogP contribution in [0.25, 0.3) is 0 Å². The number of para-hydroxylation sites is 1.